The van der Waals surface area contributed by atoms with E-state index in [1.807, 2.05) is 38.1 Å². The van der Waals surface area contributed by atoms with Crippen molar-refractivity contribution in [2.45, 2.75) is 44.6 Å². The minimum atomic E-state index is -1.51. The molecule has 176 valence electrons. The lowest BCUT2D eigenvalue weighted by molar-refractivity contribution is 0.0622. The number of thiazole rings is 1. The molecule has 1 aliphatic rings. The van der Waals surface area contributed by atoms with Crippen molar-refractivity contribution in [3.05, 3.63) is 47.9 Å². The Morgan fingerprint density at radius 2 is 2.03 bits per heavy atom. The first-order valence-electron chi connectivity index (χ1n) is 11.1. The summed E-state index contributed by atoms with van der Waals surface area (Å²) in [5.74, 6) is 1.16. The minimum absolute atomic E-state index is 0.332. The van der Waals surface area contributed by atoms with E-state index in [0.29, 0.717) is 22.6 Å². The molecule has 33 heavy (non-hydrogen) atoms. The maximum absolute atomic E-state index is 13.2. The maximum Gasteiger partial charge on any atom is 0.183 e. The van der Waals surface area contributed by atoms with Crippen molar-refractivity contribution in [3.63, 3.8) is 0 Å². The SMILES string of the molecule is COc1ccc(-c2sc(NC(C)C3CCOCC3)nc2C)cc1S(=O)Nc1cnccc1C. The van der Waals surface area contributed by atoms with E-state index in [2.05, 4.69) is 21.9 Å². The maximum atomic E-state index is 13.2. The molecule has 3 heterocycles. The first-order chi connectivity index (χ1) is 16.0. The molecule has 1 saturated heterocycles. The van der Waals surface area contributed by atoms with Gasteiger partial charge in [0.1, 0.15) is 10.6 Å². The first-order valence-corrected chi connectivity index (χ1v) is 13.0. The smallest absolute Gasteiger partial charge is 0.183 e. The fourth-order valence-electron chi connectivity index (χ4n) is 3.94. The number of benzene rings is 1. The van der Waals surface area contributed by atoms with Crippen molar-refractivity contribution in [1.82, 2.24) is 9.97 Å². The van der Waals surface area contributed by atoms with Crippen molar-refractivity contribution in [2.75, 3.05) is 30.4 Å². The zero-order valence-electron chi connectivity index (χ0n) is 19.4. The number of ether oxygens (including phenoxy) is 2. The van der Waals surface area contributed by atoms with E-state index in [1.54, 1.807) is 30.8 Å². The van der Waals surface area contributed by atoms with Crippen LogP contribution in [0.4, 0.5) is 10.8 Å². The summed E-state index contributed by atoms with van der Waals surface area (Å²) in [6.07, 6.45) is 5.53. The van der Waals surface area contributed by atoms with Gasteiger partial charge in [0, 0.05) is 25.5 Å². The van der Waals surface area contributed by atoms with Crippen LogP contribution in [0.1, 0.15) is 31.0 Å². The van der Waals surface area contributed by atoms with Crippen LogP contribution in [0, 0.1) is 19.8 Å². The summed E-state index contributed by atoms with van der Waals surface area (Å²) in [4.78, 5) is 10.5. The van der Waals surface area contributed by atoms with Crippen molar-refractivity contribution in [3.8, 4) is 16.2 Å². The van der Waals surface area contributed by atoms with Crippen LogP contribution in [0.25, 0.3) is 10.4 Å². The quantitative estimate of drug-likeness (QED) is 0.456. The standard InChI is InChI=1S/C24H30N4O3S2/c1-15-7-10-25-14-20(15)28-33(29)22-13-19(5-6-21(22)30-4)23-17(3)27-24(32-23)26-16(2)18-8-11-31-12-9-18/h5-7,10,13-14,16,18,28H,8-9,11-12H2,1-4H3,(H,26,27). The van der Waals surface area contributed by atoms with Crippen LogP contribution < -0.4 is 14.8 Å². The number of aromatic nitrogens is 2. The Morgan fingerprint density at radius 1 is 1.24 bits per heavy atom. The van der Waals surface area contributed by atoms with E-state index >= 15 is 0 Å². The number of pyridine rings is 1. The number of hydrogen-bond donors (Lipinski definition) is 2. The van der Waals surface area contributed by atoms with E-state index in [4.69, 9.17) is 14.5 Å². The highest BCUT2D eigenvalue weighted by Crippen LogP contribution is 2.37. The zero-order chi connectivity index (χ0) is 23.4. The molecule has 0 amide bonds. The second kappa shape index (κ2) is 10.6. The molecule has 2 atom stereocenters. The van der Waals surface area contributed by atoms with Crippen LogP contribution in [-0.4, -0.2) is 40.5 Å². The highest BCUT2D eigenvalue weighted by Gasteiger charge is 2.22. The summed E-state index contributed by atoms with van der Waals surface area (Å²) >= 11 is 1.62. The van der Waals surface area contributed by atoms with Gasteiger partial charge in [-0.3, -0.25) is 9.71 Å². The van der Waals surface area contributed by atoms with Crippen molar-refractivity contribution >= 4 is 33.1 Å². The van der Waals surface area contributed by atoms with Gasteiger partial charge in [0.05, 0.1) is 29.6 Å². The van der Waals surface area contributed by atoms with Gasteiger partial charge in [-0.1, -0.05) is 11.3 Å². The molecule has 0 radical (unpaired) electrons. The highest BCUT2D eigenvalue weighted by molar-refractivity contribution is 7.86. The number of rotatable bonds is 8. The predicted octanol–water partition coefficient (Wildman–Crippen LogP) is 5.19. The number of anilines is 2. The van der Waals surface area contributed by atoms with Crippen LogP contribution >= 0.6 is 11.3 Å². The minimum Gasteiger partial charge on any atom is -0.495 e. The fraction of sp³-hybridized carbons (Fsp3) is 0.417. The second-order valence-electron chi connectivity index (χ2n) is 8.24. The van der Waals surface area contributed by atoms with Gasteiger partial charge in [-0.2, -0.15) is 0 Å². The monoisotopic (exact) mass is 486 g/mol. The Balaban J connectivity index is 1.57. The molecule has 4 rings (SSSR count). The third kappa shape index (κ3) is 5.54. The topological polar surface area (TPSA) is 85.4 Å². The summed E-state index contributed by atoms with van der Waals surface area (Å²) in [6, 6.07) is 7.97. The van der Waals surface area contributed by atoms with Gasteiger partial charge in [-0.15, -0.1) is 0 Å². The van der Waals surface area contributed by atoms with Gasteiger partial charge < -0.3 is 14.8 Å². The molecule has 1 aromatic carbocycles. The van der Waals surface area contributed by atoms with Gasteiger partial charge in [-0.25, -0.2) is 9.19 Å². The summed E-state index contributed by atoms with van der Waals surface area (Å²) in [5.41, 5.74) is 3.61. The number of aryl methyl sites for hydroxylation is 2. The predicted molar refractivity (Wildman–Crippen MR) is 134 cm³/mol. The van der Waals surface area contributed by atoms with Crippen LogP contribution in [0.15, 0.2) is 41.6 Å². The van der Waals surface area contributed by atoms with Crippen LogP contribution in [0.3, 0.4) is 0 Å². The van der Waals surface area contributed by atoms with Gasteiger partial charge in [0.25, 0.3) is 0 Å². The summed E-state index contributed by atoms with van der Waals surface area (Å²) < 4.78 is 27.2. The first kappa shape index (κ1) is 23.7. The average molecular weight is 487 g/mol. The number of nitrogens with zero attached hydrogens (tertiary/aromatic N) is 2. The van der Waals surface area contributed by atoms with E-state index < -0.39 is 11.0 Å². The molecule has 0 aliphatic carbocycles. The Bertz CT molecular complexity index is 1130. The lowest BCUT2D eigenvalue weighted by atomic mass is 9.93. The zero-order valence-corrected chi connectivity index (χ0v) is 21.0. The molecule has 9 heteroatoms. The third-order valence-electron chi connectivity index (χ3n) is 5.99. The molecule has 1 fully saturated rings. The van der Waals surface area contributed by atoms with Crippen molar-refractivity contribution in [1.29, 1.82) is 0 Å². The molecule has 2 aromatic heterocycles. The van der Waals surface area contributed by atoms with E-state index in [1.165, 1.54) is 0 Å². The summed E-state index contributed by atoms with van der Waals surface area (Å²) in [6.45, 7) is 7.83. The van der Waals surface area contributed by atoms with E-state index in [0.717, 1.165) is 58.6 Å². The Labute approximate surface area is 201 Å². The molecule has 2 N–H and O–H groups in total. The van der Waals surface area contributed by atoms with Gasteiger partial charge in [-0.05, 0) is 74.9 Å². The van der Waals surface area contributed by atoms with E-state index in [-0.39, 0.29) is 0 Å². The Kier molecular flexibility index (Phi) is 7.62. The highest BCUT2D eigenvalue weighted by atomic mass is 32.2. The molecule has 3 aromatic rings. The third-order valence-corrected chi connectivity index (χ3v) is 8.25. The van der Waals surface area contributed by atoms with Crippen molar-refractivity contribution < 1.29 is 13.7 Å². The van der Waals surface area contributed by atoms with E-state index in [9.17, 15) is 4.21 Å². The molecular formula is C24H30N4O3S2. The lowest BCUT2D eigenvalue weighted by Gasteiger charge is -2.28. The molecule has 7 nitrogen and oxygen atoms in total. The molecule has 0 bridgehead atoms. The molecule has 1 aliphatic heterocycles. The fourth-order valence-corrected chi connectivity index (χ4v) is 6.09. The molecule has 0 saturated carbocycles. The van der Waals surface area contributed by atoms with Crippen molar-refractivity contribution in [2.24, 2.45) is 5.92 Å². The summed E-state index contributed by atoms with van der Waals surface area (Å²) in [7, 11) is 0.0753. The van der Waals surface area contributed by atoms with Gasteiger partial charge in [0.2, 0.25) is 0 Å². The largest absolute Gasteiger partial charge is 0.495 e. The normalized spacial score (nSPS) is 16.2. The van der Waals surface area contributed by atoms with Gasteiger partial charge in [0.15, 0.2) is 16.1 Å². The number of methoxy groups -OCH3 is 1. The summed E-state index contributed by atoms with van der Waals surface area (Å²) in [5, 5.41) is 4.50. The number of nitrogens with one attached hydrogen (secondary N) is 2. The number of hydrogen-bond acceptors (Lipinski definition) is 7. The Hall–Kier alpha value is -2.49. The van der Waals surface area contributed by atoms with Crippen LogP contribution in [0.2, 0.25) is 0 Å². The van der Waals surface area contributed by atoms with Gasteiger partial charge >= 0.3 is 0 Å². The average Bonchev–Trinajstić information content (AvgIpc) is 3.20. The molecule has 2 unspecified atom stereocenters. The molecular weight excluding hydrogens is 456 g/mol. The van der Waals surface area contributed by atoms with Crippen LogP contribution in [-0.2, 0) is 15.7 Å². The molecule has 0 spiro atoms. The Morgan fingerprint density at radius 3 is 2.76 bits per heavy atom. The second-order valence-corrected chi connectivity index (χ2v) is 10.4. The lowest BCUT2D eigenvalue weighted by Crippen LogP contribution is -2.30. The van der Waals surface area contributed by atoms with Crippen LogP contribution in [0.5, 0.6) is 5.75 Å².